The van der Waals surface area contributed by atoms with Crippen molar-refractivity contribution >= 4 is 5.69 Å². The number of anilines is 1. The lowest BCUT2D eigenvalue weighted by molar-refractivity contribution is 0.184. The van der Waals surface area contributed by atoms with E-state index in [2.05, 4.69) is 13.8 Å². The van der Waals surface area contributed by atoms with Crippen LogP contribution < -0.4 is 10.5 Å². The molecule has 2 N–H and O–H groups in total. The van der Waals surface area contributed by atoms with Crippen molar-refractivity contribution in [1.29, 1.82) is 0 Å². The molecule has 1 atom stereocenters. The maximum atomic E-state index is 5.93. The zero-order valence-corrected chi connectivity index (χ0v) is 10.6. The number of hydrogen-bond acceptors (Lipinski definition) is 2. The summed E-state index contributed by atoms with van der Waals surface area (Å²) < 4.78 is 5.93. The summed E-state index contributed by atoms with van der Waals surface area (Å²) in [5.41, 5.74) is 7.85. The molecule has 0 spiro atoms. The van der Waals surface area contributed by atoms with E-state index in [4.69, 9.17) is 10.5 Å². The monoisotopic (exact) mass is 221 g/mol. The highest BCUT2D eigenvalue weighted by atomic mass is 16.5. The number of rotatable bonds is 6. The van der Waals surface area contributed by atoms with Crippen LogP contribution in [0.1, 0.15) is 45.1 Å². The lowest BCUT2D eigenvalue weighted by Gasteiger charge is -2.18. The molecule has 0 radical (unpaired) electrons. The van der Waals surface area contributed by atoms with Crippen LogP contribution in [-0.2, 0) is 0 Å². The molecule has 0 aliphatic heterocycles. The Labute approximate surface area is 98.8 Å². The molecule has 0 amide bonds. The summed E-state index contributed by atoms with van der Waals surface area (Å²) in [5.74, 6) is 0.827. The molecule has 16 heavy (non-hydrogen) atoms. The summed E-state index contributed by atoms with van der Waals surface area (Å²) in [5, 5.41) is 0. The summed E-state index contributed by atoms with van der Waals surface area (Å²) in [6, 6.07) is 5.97. The quantitative estimate of drug-likeness (QED) is 0.739. The average Bonchev–Trinajstić information content (AvgIpc) is 2.27. The van der Waals surface area contributed by atoms with Gasteiger partial charge >= 0.3 is 0 Å². The van der Waals surface area contributed by atoms with Gasteiger partial charge in [-0.1, -0.05) is 32.8 Å². The van der Waals surface area contributed by atoms with Crippen molar-refractivity contribution in [2.75, 3.05) is 5.73 Å². The van der Waals surface area contributed by atoms with Crippen LogP contribution in [0.3, 0.4) is 0 Å². The predicted molar refractivity (Wildman–Crippen MR) is 69.8 cm³/mol. The molecule has 0 saturated heterocycles. The van der Waals surface area contributed by atoms with Crippen LogP contribution in [-0.4, -0.2) is 6.10 Å². The predicted octanol–water partition coefficient (Wildman–Crippen LogP) is 3.92. The van der Waals surface area contributed by atoms with Crippen LogP contribution in [0.25, 0.3) is 0 Å². The minimum atomic E-state index is 0.296. The minimum Gasteiger partial charge on any atom is -0.488 e. The van der Waals surface area contributed by atoms with Crippen molar-refractivity contribution in [1.82, 2.24) is 0 Å². The van der Waals surface area contributed by atoms with Crippen LogP contribution in [0.2, 0.25) is 0 Å². The third kappa shape index (κ3) is 3.76. The smallest absolute Gasteiger partial charge is 0.142 e. The highest BCUT2D eigenvalue weighted by molar-refractivity contribution is 5.54. The van der Waals surface area contributed by atoms with Crippen LogP contribution in [0.5, 0.6) is 5.75 Å². The van der Waals surface area contributed by atoms with E-state index in [1.165, 1.54) is 18.4 Å². The van der Waals surface area contributed by atoms with Crippen molar-refractivity contribution < 1.29 is 4.74 Å². The molecule has 0 aliphatic carbocycles. The van der Waals surface area contributed by atoms with E-state index in [0.29, 0.717) is 6.10 Å². The zero-order valence-electron chi connectivity index (χ0n) is 10.6. The molecule has 0 bridgehead atoms. The van der Waals surface area contributed by atoms with Crippen molar-refractivity contribution in [2.24, 2.45) is 0 Å². The maximum Gasteiger partial charge on any atom is 0.142 e. The number of unbranched alkanes of at least 4 members (excludes halogenated alkanes) is 1. The first kappa shape index (κ1) is 12.9. The van der Waals surface area contributed by atoms with Gasteiger partial charge in [0.05, 0.1) is 11.8 Å². The number of nitrogens with two attached hydrogens (primary N) is 1. The van der Waals surface area contributed by atoms with Crippen molar-refractivity contribution in [3.63, 3.8) is 0 Å². The normalized spacial score (nSPS) is 12.4. The first-order valence-electron chi connectivity index (χ1n) is 6.20. The van der Waals surface area contributed by atoms with Gasteiger partial charge in [0, 0.05) is 0 Å². The number of hydrogen-bond donors (Lipinski definition) is 1. The second kappa shape index (κ2) is 6.41. The fourth-order valence-electron chi connectivity index (χ4n) is 1.73. The molecule has 90 valence electrons. The maximum absolute atomic E-state index is 5.93. The van der Waals surface area contributed by atoms with Gasteiger partial charge in [-0.25, -0.2) is 0 Å². The largest absolute Gasteiger partial charge is 0.488 e. The third-order valence-corrected chi connectivity index (χ3v) is 2.79. The first-order chi connectivity index (χ1) is 7.67. The first-order valence-corrected chi connectivity index (χ1v) is 6.20. The molecular formula is C14H23NO. The molecule has 2 heteroatoms. The summed E-state index contributed by atoms with van der Waals surface area (Å²) in [6.07, 6.45) is 4.87. The summed E-state index contributed by atoms with van der Waals surface area (Å²) in [6.45, 7) is 6.40. The van der Waals surface area contributed by atoms with Crippen LogP contribution in [0, 0.1) is 6.92 Å². The molecular weight excluding hydrogens is 198 g/mol. The second-order valence-electron chi connectivity index (χ2n) is 4.33. The van der Waals surface area contributed by atoms with Gasteiger partial charge in [-0.2, -0.15) is 0 Å². The number of nitrogen functional groups attached to an aromatic ring is 1. The number of benzene rings is 1. The SMILES string of the molecule is CCCC[C@H](CC)Oc1ccc(C)cc1N. The van der Waals surface area contributed by atoms with Gasteiger partial charge < -0.3 is 10.5 Å². The lowest BCUT2D eigenvalue weighted by atomic mass is 10.1. The Hall–Kier alpha value is -1.18. The Kier molecular flexibility index (Phi) is 5.17. The van der Waals surface area contributed by atoms with Crippen molar-refractivity contribution in [2.45, 2.75) is 52.6 Å². The molecule has 0 saturated carbocycles. The van der Waals surface area contributed by atoms with Gasteiger partial charge in [-0.15, -0.1) is 0 Å². The van der Waals surface area contributed by atoms with Crippen LogP contribution in [0.4, 0.5) is 5.69 Å². The third-order valence-electron chi connectivity index (χ3n) is 2.79. The van der Waals surface area contributed by atoms with E-state index in [1.807, 2.05) is 25.1 Å². The fraction of sp³-hybridized carbons (Fsp3) is 0.571. The Morgan fingerprint density at radius 1 is 1.31 bits per heavy atom. The Balaban J connectivity index is 2.62. The van der Waals surface area contributed by atoms with E-state index in [0.717, 1.165) is 24.3 Å². The average molecular weight is 221 g/mol. The van der Waals surface area contributed by atoms with Crippen LogP contribution >= 0.6 is 0 Å². The van der Waals surface area contributed by atoms with Gasteiger partial charge in [-0.3, -0.25) is 0 Å². The van der Waals surface area contributed by atoms with Crippen LogP contribution in [0.15, 0.2) is 18.2 Å². The van der Waals surface area contributed by atoms with Gasteiger partial charge in [0.25, 0.3) is 0 Å². The zero-order chi connectivity index (χ0) is 12.0. The number of ether oxygens (including phenoxy) is 1. The Morgan fingerprint density at radius 3 is 2.62 bits per heavy atom. The topological polar surface area (TPSA) is 35.2 Å². The van der Waals surface area contributed by atoms with Gasteiger partial charge in [0.1, 0.15) is 5.75 Å². The molecule has 0 heterocycles. The molecule has 0 unspecified atom stereocenters. The van der Waals surface area contributed by atoms with Crippen molar-refractivity contribution in [3.8, 4) is 5.75 Å². The molecule has 0 aromatic heterocycles. The molecule has 0 fully saturated rings. The molecule has 1 aromatic rings. The standard InChI is InChI=1S/C14H23NO/c1-4-6-7-12(5-2)16-14-9-8-11(3)10-13(14)15/h8-10,12H,4-7,15H2,1-3H3/t12-/m0/s1. The van der Waals surface area contributed by atoms with E-state index in [9.17, 15) is 0 Å². The highest BCUT2D eigenvalue weighted by Gasteiger charge is 2.09. The highest BCUT2D eigenvalue weighted by Crippen LogP contribution is 2.25. The van der Waals surface area contributed by atoms with E-state index in [1.54, 1.807) is 0 Å². The molecule has 0 aliphatic rings. The summed E-state index contributed by atoms with van der Waals surface area (Å²) in [4.78, 5) is 0. The lowest BCUT2D eigenvalue weighted by Crippen LogP contribution is -2.15. The number of aryl methyl sites for hydroxylation is 1. The van der Waals surface area contributed by atoms with E-state index < -0.39 is 0 Å². The van der Waals surface area contributed by atoms with E-state index >= 15 is 0 Å². The van der Waals surface area contributed by atoms with Gasteiger partial charge in [0.15, 0.2) is 0 Å². The molecule has 2 nitrogen and oxygen atoms in total. The van der Waals surface area contributed by atoms with Gasteiger partial charge in [0.2, 0.25) is 0 Å². The molecule has 1 aromatic carbocycles. The summed E-state index contributed by atoms with van der Waals surface area (Å²) in [7, 11) is 0. The fourth-order valence-corrected chi connectivity index (χ4v) is 1.73. The van der Waals surface area contributed by atoms with Crippen molar-refractivity contribution in [3.05, 3.63) is 23.8 Å². The Bertz CT molecular complexity index is 323. The van der Waals surface area contributed by atoms with Gasteiger partial charge in [-0.05, 0) is 37.5 Å². The second-order valence-corrected chi connectivity index (χ2v) is 4.33. The Morgan fingerprint density at radius 2 is 2.06 bits per heavy atom. The minimum absolute atomic E-state index is 0.296. The summed E-state index contributed by atoms with van der Waals surface area (Å²) >= 11 is 0. The molecule has 1 rings (SSSR count). The van der Waals surface area contributed by atoms with E-state index in [-0.39, 0.29) is 0 Å².